The van der Waals surface area contributed by atoms with Gasteiger partial charge in [-0.15, -0.1) is 0 Å². The Bertz CT molecular complexity index is 590. The van der Waals surface area contributed by atoms with Crippen LogP contribution >= 0.6 is 11.8 Å². The SMILES string of the molecule is COc1ccc([C@H]2CCCCCN2C(=O)CN2CCSC2=O)cc1. The molecule has 2 amide bonds. The summed E-state index contributed by atoms with van der Waals surface area (Å²) < 4.78 is 5.23. The molecule has 1 atom stereocenters. The molecule has 2 fully saturated rings. The van der Waals surface area contributed by atoms with Crippen molar-refractivity contribution in [3.63, 3.8) is 0 Å². The molecule has 2 aliphatic heterocycles. The van der Waals surface area contributed by atoms with Crippen LogP contribution in [0.5, 0.6) is 5.75 Å². The molecule has 0 radical (unpaired) electrons. The molecule has 3 rings (SSSR count). The van der Waals surface area contributed by atoms with Crippen LogP contribution in [0.2, 0.25) is 0 Å². The van der Waals surface area contributed by atoms with E-state index in [1.807, 2.05) is 29.2 Å². The van der Waals surface area contributed by atoms with E-state index in [2.05, 4.69) is 0 Å². The van der Waals surface area contributed by atoms with E-state index < -0.39 is 0 Å². The molecule has 1 aromatic rings. The van der Waals surface area contributed by atoms with E-state index in [1.165, 1.54) is 11.8 Å². The van der Waals surface area contributed by atoms with Gasteiger partial charge >= 0.3 is 0 Å². The minimum atomic E-state index is 0.0270. The first-order valence-electron chi connectivity index (χ1n) is 8.54. The molecule has 1 aromatic carbocycles. The Morgan fingerprint density at radius 2 is 2.00 bits per heavy atom. The monoisotopic (exact) mass is 348 g/mol. The van der Waals surface area contributed by atoms with E-state index in [9.17, 15) is 9.59 Å². The number of thioether (sulfide) groups is 1. The number of amides is 2. The Morgan fingerprint density at radius 3 is 2.67 bits per heavy atom. The molecule has 0 unspecified atom stereocenters. The highest BCUT2D eigenvalue weighted by atomic mass is 32.2. The highest BCUT2D eigenvalue weighted by Crippen LogP contribution is 2.31. The van der Waals surface area contributed by atoms with Crippen LogP contribution in [-0.2, 0) is 4.79 Å². The summed E-state index contributed by atoms with van der Waals surface area (Å²) >= 11 is 1.30. The van der Waals surface area contributed by atoms with Gasteiger partial charge < -0.3 is 14.5 Å². The average molecular weight is 348 g/mol. The van der Waals surface area contributed by atoms with Gasteiger partial charge in [-0.1, -0.05) is 36.7 Å². The standard InChI is InChI=1S/C18H24N2O3S/c1-23-15-8-6-14(7-9-15)16-5-3-2-4-10-20(16)17(21)13-19-11-12-24-18(19)22/h6-9,16H,2-5,10-13H2,1H3/t16-/m1/s1. The van der Waals surface area contributed by atoms with Crippen molar-refractivity contribution in [1.29, 1.82) is 0 Å². The van der Waals surface area contributed by atoms with Gasteiger partial charge in [0.15, 0.2) is 0 Å². The van der Waals surface area contributed by atoms with Crippen LogP contribution in [0.15, 0.2) is 24.3 Å². The van der Waals surface area contributed by atoms with Crippen molar-refractivity contribution in [1.82, 2.24) is 9.80 Å². The predicted octanol–water partition coefficient (Wildman–Crippen LogP) is 3.31. The van der Waals surface area contributed by atoms with Gasteiger partial charge in [0.05, 0.1) is 13.2 Å². The molecule has 0 aliphatic carbocycles. The number of hydrogen-bond acceptors (Lipinski definition) is 4. The molecule has 24 heavy (non-hydrogen) atoms. The molecule has 0 aromatic heterocycles. The van der Waals surface area contributed by atoms with Gasteiger partial charge in [0.25, 0.3) is 5.24 Å². The Kier molecular flexibility index (Phi) is 5.66. The van der Waals surface area contributed by atoms with Crippen molar-refractivity contribution in [3.8, 4) is 5.75 Å². The van der Waals surface area contributed by atoms with Gasteiger partial charge in [0.1, 0.15) is 12.3 Å². The van der Waals surface area contributed by atoms with Crippen LogP contribution in [-0.4, -0.2) is 53.4 Å². The molecule has 0 saturated carbocycles. The number of hydrogen-bond donors (Lipinski definition) is 0. The number of rotatable bonds is 4. The number of likely N-dealkylation sites (tertiary alicyclic amines) is 1. The third kappa shape index (κ3) is 3.86. The van der Waals surface area contributed by atoms with Gasteiger partial charge in [0.2, 0.25) is 5.91 Å². The number of carbonyl (C=O) groups excluding carboxylic acids is 2. The molecule has 0 spiro atoms. The van der Waals surface area contributed by atoms with Crippen molar-refractivity contribution in [3.05, 3.63) is 29.8 Å². The Morgan fingerprint density at radius 1 is 1.21 bits per heavy atom. The molecule has 5 nitrogen and oxygen atoms in total. The van der Waals surface area contributed by atoms with Crippen LogP contribution in [0, 0.1) is 0 Å². The molecule has 130 valence electrons. The quantitative estimate of drug-likeness (QED) is 0.838. The number of methoxy groups -OCH3 is 1. The molecule has 2 heterocycles. The maximum Gasteiger partial charge on any atom is 0.282 e. The lowest BCUT2D eigenvalue weighted by molar-refractivity contribution is -0.134. The molecule has 0 N–H and O–H groups in total. The molecule has 2 aliphatic rings. The fourth-order valence-corrected chi connectivity index (χ4v) is 4.23. The van der Waals surface area contributed by atoms with Crippen molar-refractivity contribution >= 4 is 22.9 Å². The summed E-state index contributed by atoms with van der Waals surface area (Å²) in [6, 6.07) is 8.08. The fourth-order valence-electron chi connectivity index (χ4n) is 3.40. The summed E-state index contributed by atoms with van der Waals surface area (Å²) in [6.45, 7) is 1.65. The zero-order valence-corrected chi connectivity index (χ0v) is 14.9. The van der Waals surface area contributed by atoms with E-state index >= 15 is 0 Å². The van der Waals surface area contributed by atoms with Crippen LogP contribution in [0.3, 0.4) is 0 Å². The maximum absolute atomic E-state index is 12.9. The van der Waals surface area contributed by atoms with Crippen molar-refractivity contribution in [2.75, 3.05) is 32.5 Å². The van der Waals surface area contributed by atoms with Crippen molar-refractivity contribution < 1.29 is 14.3 Å². The second-order valence-corrected chi connectivity index (χ2v) is 7.31. The predicted molar refractivity (Wildman–Crippen MR) is 95.3 cm³/mol. The van der Waals surface area contributed by atoms with Crippen LogP contribution in [0.4, 0.5) is 4.79 Å². The second-order valence-electron chi connectivity index (χ2n) is 6.26. The summed E-state index contributed by atoms with van der Waals surface area (Å²) in [4.78, 5) is 28.3. The second kappa shape index (κ2) is 7.92. The smallest absolute Gasteiger partial charge is 0.282 e. The zero-order valence-electron chi connectivity index (χ0n) is 14.1. The lowest BCUT2D eigenvalue weighted by Gasteiger charge is -2.32. The molecular formula is C18H24N2O3S. The summed E-state index contributed by atoms with van der Waals surface area (Å²) in [5.41, 5.74) is 1.15. The first-order chi connectivity index (χ1) is 11.7. The largest absolute Gasteiger partial charge is 0.497 e. The summed E-state index contributed by atoms with van der Waals surface area (Å²) in [5.74, 6) is 1.67. The van der Waals surface area contributed by atoms with E-state index in [0.29, 0.717) is 6.54 Å². The first-order valence-corrected chi connectivity index (χ1v) is 9.52. The van der Waals surface area contributed by atoms with Gasteiger partial charge in [-0.05, 0) is 30.5 Å². The van der Waals surface area contributed by atoms with Crippen molar-refractivity contribution in [2.45, 2.75) is 31.7 Å². The van der Waals surface area contributed by atoms with E-state index in [4.69, 9.17) is 4.74 Å². The van der Waals surface area contributed by atoms with E-state index in [-0.39, 0.29) is 23.7 Å². The summed E-state index contributed by atoms with van der Waals surface area (Å²) in [6.07, 6.45) is 4.27. The van der Waals surface area contributed by atoms with Gasteiger partial charge in [-0.25, -0.2) is 0 Å². The topological polar surface area (TPSA) is 49.9 Å². The van der Waals surface area contributed by atoms with Gasteiger partial charge in [0, 0.05) is 18.8 Å². The van der Waals surface area contributed by atoms with Crippen LogP contribution in [0.25, 0.3) is 0 Å². The third-order valence-corrected chi connectivity index (χ3v) is 5.64. The molecular weight excluding hydrogens is 324 g/mol. The maximum atomic E-state index is 12.9. The zero-order chi connectivity index (χ0) is 16.9. The molecule has 2 saturated heterocycles. The average Bonchev–Trinajstić information content (AvgIpc) is 2.87. The number of nitrogens with zero attached hydrogens (tertiary/aromatic N) is 2. The Balaban J connectivity index is 1.76. The van der Waals surface area contributed by atoms with Gasteiger partial charge in [-0.3, -0.25) is 9.59 Å². The van der Waals surface area contributed by atoms with Crippen LogP contribution < -0.4 is 4.74 Å². The number of ether oxygens (including phenoxy) is 1. The van der Waals surface area contributed by atoms with Gasteiger partial charge in [-0.2, -0.15) is 0 Å². The fraction of sp³-hybridized carbons (Fsp3) is 0.556. The Labute approximate surface area is 147 Å². The summed E-state index contributed by atoms with van der Waals surface area (Å²) in [5, 5.41) is 0.0270. The minimum absolute atomic E-state index is 0.0270. The lowest BCUT2D eigenvalue weighted by Crippen LogP contribution is -2.42. The molecule has 6 heteroatoms. The number of benzene rings is 1. The Hall–Kier alpha value is -1.69. The lowest BCUT2D eigenvalue weighted by atomic mass is 10.0. The van der Waals surface area contributed by atoms with Crippen LogP contribution in [0.1, 0.15) is 37.3 Å². The number of carbonyl (C=O) groups is 2. The highest BCUT2D eigenvalue weighted by Gasteiger charge is 2.30. The van der Waals surface area contributed by atoms with E-state index in [0.717, 1.165) is 49.3 Å². The molecule has 0 bridgehead atoms. The third-order valence-electron chi connectivity index (χ3n) is 4.74. The first kappa shape index (κ1) is 17.1. The van der Waals surface area contributed by atoms with Crippen molar-refractivity contribution in [2.24, 2.45) is 0 Å². The summed E-state index contributed by atoms with van der Waals surface area (Å²) in [7, 11) is 1.65. The normalized spacial score (nSPS) is 21.7. The minimum Gasteiger partial charge on any atom is -0.497 e. The highest BCUT2D eigenvalue weighted by molar-refractivity contribution is 8.13. The van der Waals surface area contributed by atoms with E-state index in [1.54, 1.807) is 12.0 Å².